The summed E-state index contributed by atoms with van der Waals surface area (Å²) >= 11 is 0. The van der Waals surface area contributed by atoms with Gasteiger partial charge in [-0.25, -0.2) is 8.78 Å². The van der Waals surface area contributed by atoms with Gasteiger partial charge >= 0.3 is 0 Å². The zero-order valence-corrected chi connectivity index (χ0v) is 12.8. The Morgan fingerprint density at radius 3 is 2.00 bits per heavy atom. The van der Waals surface area contributed by atoms with Crippen molar-refractivity contribution in [3.8, 4) is 0 Å². The standard InChI is InChI=1S/C17H18F2N2O/c1-20(2)13-9-7-12(8-10-13)11-21(3)17(22)16-14(18)5-4-6-15(16)19/h4-10H,11H2,1-3H3. The average Bonchev–Trinajstić information content (AvgIpc) is 2.47. The van der Waals surface area contributed by atoms with Gasteiger partial charge in [0, 0.05) is 33.4 Å². The van der Waals surface area contributed by atoms with Gasteiger partial charge in [-0.05, 0) is 29.8 Å². The molecule has 0 unspecified atom stereocenters. The van der Waals surface area contributed by atoms with E-state index in [1.165, 1.54) is 18.0 Å². The molecule has 5 heteroatoms. The Labute approximate surface area is 128 Å². The molecule has 0 saturated heterocycles. The zero-order chi connectivity index (χ0) is 16.3. The van der Waals surface area contributed by atoms with Gasteiger partial charge in [0.25, 0.3) is 5.91 Å². The first-order chi connectivity index (χ1) is 10.4. The van der Waals surface area contributed by atoms with Gasteiger partial charge in [0.15, 0.2) is 0 Å². The summed E-state index contributed by atoms with van der Waals surface area (Å²) in [7, 11) is 5.39. The maximum Gasteiger partial charge on any atom is 0.259 e. The molecule has 0 bridgehead atoms. The van der Waals surface area contributed by atoms with Crippen molar-refractivity contribution in [1.82, 2.24) is 4.90 Å². The lowest BCUT2D eigenvalue weighted by atomic mass is 10.1. The normalized spacial score (nSPS) is 10.4. The van der Waals surface area contributed by atoms with E-state index < -0.39 is 23.1 Å². The number of hydrogen-bond donors (Lipinski definition) is 0. The highest BCUT2D eigenvalue weighted by molar-refractivity contribution is 5.94. The van der Waals surface area contributed by atoms with E-state index in [0.29, 0.717) is 0 Å². The lowest BCUT2D eigenvalue weighted by Gasteiger charge is -2.19. The van der Waals surface area contributed by atoms with E-state index in [1.54, 1.807) is 0 Å². The maximum atomic E-state index is 13.6. The number of amides is 1. The van der Waals surface area contributed by atoms with E-state index in [0.717, 1.165) is 23.4 Å². The third kappa shape index (κ3) is 3.42. The van der Waals surface area contributed by atoms with Crippen LogP contribution in [0.5, 0.6) is 0 Å². The highest BCUT2D eigenvalue weighted by Crippen LogP contribution is 2.17. The fourth-order valence-corrected chi connectivity index (χ4v) is 2.14. The van der Waals surface area contributed by atoms with Crippen molar-refractivity contribution >= 4 is 11.6 Å². The van der Waals surface area contributed by atoms with E-state index >= 15 is 0 Å². The van der Waals surface area contributed by atoms with Crippen LogP contribution in [0.1, 0.15) is 15.9 Å². The third-order valence-corrected chi connectivity index (χ3v) is 3.40. The lowest BCUT2D eigenvalue weighted by Crippen LogP contribution is -2.28. The quantitative estimate of drug-likeness (QED) is 0.865. The van der Waals surface area contributed by atoms with E-state index in [-0.39, 0.29) is 6.54 Å². The molecule has 2 aromatic carbocycles. The Bertz CT molecular complexity index is 649. The van der Waals surface area contributed by atoms with Crippen molar-refractivity contribution in [3.63, 3.8) is 0 Å². The van der Waals surface area contributed by atoms with Crippen LogP contribution in [0.4, 0.5) is 14.5 Å². The van der Waals surface area contributed by atoms with Crippen molar-refractivity contribution in [1.29, 1.82) is 0 Å². The molecule has 0 aliphatic rings. The summed E-state index contributed by atoms with van der Waals surface area (Å²) in [4.78, 5) is 15.5. The predicted molar refractivity (Wildman–Crippen MR) is 82.9 cm³/mol. The molecule has 2 aromatic rings. The van der Waals surface area contributed by atoms with Crippen molar-refractivity contribution in [2.45, 2.75) is 6.54 Å². The molecule has 2 rings (SSSR count). The number of anilines is 1. The molecule has 3 nitrogen and oxygen atoms in total. The largest absolute Gasteiger partial charge is 0.378 e. The summed E-state index contributed by atoms with van der Waals surface area (Å²) in [5.74, 6) is -2.37. The number of rotatable bonds is 4. The molecule has 0 aromatic heterocycles. The van der Waals surface area contributed by atoms with E-state index in [2.05, 4.69) is 0 Å². The number of carbonyl (C=O) groups excluding carboxylic acids is 1. The average molecular weight is 304 g/mol. The van der Waals surface area contributed by atoms with Crippen LogP contribution in [-0.4, -0.2) is 32.0 Å². The van der Waals surface area contributed by atoms with Crippen LogP contribution in [0.15, 0.2) is 42.5 Å². The first-order valence-electron chi connectivity index (χ1n) is 6.86. The number of carbonyl (C=O) groups is 1. The van der Waals surface area contributed by atoms with Crippen LogP contribution in [0.3, 0.4) is 0 Å². The van der Waals surface area contributed by atoms with Crippen LogP contribution < -0.4 is 4.90 Å². The molecule has 0 spiro atoms. The van der Waals surface area contributed by atoms with Gasteiger partial charge < -0.3 is 9.80 Å². The summed E-state index contributed by atoms with van der Waals surface area (Å²) in [5, 5.41) is 0. The second-order valence-electron chi connectivity index (χ2n) is 5.32. The van der Waals surface area contributed by atoms with Gasteiger partial charge in [0.1, 0.15) is 17.2 Å². The van der Waals surface area contributed by atoms with Crippen molar-refractivity contribution in [3.05, 3.63) is 65.2 Å². The first-order valence-corrected chi connectivity index (χ1v) is 6.86. The van der Waals surface area contributed by atoms with Gasteiger partial charge in [0.2, 0.25) is 0 Å². The molecular formula is C17H18F2N2O. The van der Waals surface area contributed by atoms with Crippen LogP contribution >= 0.6 is 0 Å². The summed E-state index contributed by atoms with van der Waals surface area (Å²) in [6.07, 6.45) is 0. The highest BCUT2D eigenvalue weighted by atomic mass is 19.1. The monoisotopic (exact) mass is 304 g/mol. The van der Waals surface area contributed by atoms with Crippen molar-refractivity contribution in [2.24, 2.45) is 0 Å². The van der Waals surface area contributed by atoms with Gasteiger partial charge in [-0.1, -0.05) is 18.2 Å². The van der Waals surface area contributed by atoms with Crippen molar-refractivity contribution in [2.75, 3.05) is 26.0 Å². The fourth-order valence-electron chi connectivity index (χ4n) is 2.14. The van der Waals surface area contributed by atoms with Crippen LogP contribution in [0, 0.1) is 11.6 Å². The second kappa shape index (κ2) is 6.56. The van der Waals surface area contributed by atoms with Crippen molar-refractivity contribution < 1.29 is 13.6 Å². The number of hydrogen-bond acceptors (Lipinski definition) is 2. The molecule has 116 valence electrons. The Hall–Kier alpha value is -2.43. The summed E-state index contributed by atoms with van der Waals surface area (Å²) in [6, 6.07) is 11.0. The molecule has 22 heavy (non-hydrogen) atoms. The smallest absolute Gasteiger partial charge is 0.259 e. The summed E-state index contributed by atoms with van der Waals surface area (Å²) in [6.45, 7) is 0.278. The molecule has 0 aliphatic carbocycles. The summed E-state index contributed by atoms with van der Waals surface area (Å²) in [5.41, 5.74) is 1.41. The van der Waals surface area contributed by atoms with Crippen LogP contribution in [-0.2, 0) is 6.54 Å². The SMILES string of the molecule is CN(Cc1ccc(N(C)C)cc1)C(=O)c1c(F)cccc1F. The number of benzene rings is 2. The Morgan fingerprint density at radius 2 is 1.50 bits per heavy atom. The molecule has 0 heterocycles. The second-order valence-corrected chi connectivity index (χ2v) is 5.32. The fraction of sp³-hybridized carbons (Fsp3) is 0.235. The maximum absolute atomic E-state index is 13.6. The Kier molecular flexibility index (Phi) is 4.75. The molecule has 0 fully saturated rings. The Morgan fingerprint density at radius 1 is 0.955 bits per heavy atom. The minimum Gasteiger partial charge on any atom is -0.378 e. The summed E-state index contributed by atoms with van der Waals surface area (Å²) < 4.78 is 27.3. The molecule has 1 amide bonds. The van der Waals surface area contributed by atoms with Gasteiger partial charge in [-0.3, -0.25) is 4.79 Å². The lowest BCUT2D eigenvalue weighted by molar-refractivity contribution is 0.0775. The number of halogens is 2. The minimum absolute atomic E-state index is 0.278. The topological polar surface area (TPSA) is 23.6 Å². The molecule has 0 aliphatic heterocycles. The molecule has 0 N–H and O–H groups in total. The molecule has 0 radical (unpaired) electrons. The zero-order valence-electron chi connectivity index (χ0n) is 12.8. The Balaban J connectivity index is 2.14. The van der Waals surface area contributed by atoms with E-state index in [4.69, 9.17) is 0 Å². The minimum atomic E-state index is -0.847. The predicted octanol–water partition coefficient (Wildman–Crippen LogP) is 3.30. The van der Waals surface area contributed by atoms with E-state index in [9.17, 15) is 13.6 Å². The van der Waals surface area contributed by atoms with Gasteiger partial charge in [-0.2, -0.15) is 0 Å². The first kappa shape index (κ1) is 15.9. The van der Waals surface area contributed by atoms with Crippen LogP contribution in [0.2, 0.25) is 0 Å². The molecular weight excluding hydrogens is 286 g/mol. The third-order valence-electron chi connectivity index (χ3n) is 3.40. The van der Waals surface area contributed by atoms with Gasteiger partial charge in [-0.15, -0.1) is 0 Å². The molecule has 0 atom stereocenters. The van der Waals surface area contributed by atoms with Gasteiger partial charge in [0.05, 0.1) is 0 Å². The van der Waals surface area contributed by atoms with E-state index in [1.807, 2.05) is 43.3 Å². The molecule has 0 saturated carbocycles. The highest BCUT2D eigenvalue weighted by Gasteiger charge is 2.20. The number of nitrogens with zero attached hydrogens (tertiary/aromatic N) is 2. The van der Waals surface area contributed by atoms with Crippen LogP contribution in [0.25, 0.3) is 0 Å².